The fourth-order valence-corrected chi connectivity index (χ4v) is 2.12. The van der Waals surface area contributed by atoms with Crippen LogP contribution in [-0.2, 0) is 9.53 Å². The summed E-state index contributed by atoms with van der Waals surface area (Å²) in [5.41, 5.74) is -0.333. The lowest BCUT2D eigenvalue weighted by atomic mass is 9.95. The van der Waals surface area contributed by atoms with Gasteiger partial charge in [0, 0.05) is 13.7 Å². The highest BCUT2D eigenvalue weighted by atomic mass is 16.5. The first-order valence-corrected chi connectivity index (χ1v) is 6.25. The van der Waals surface area contributed by atoms with Crippen molar-refractivity contribution in [2.75, 3.05) is 20.2 Å². The predicted molar refractivity (Wildman–Crippen MR) is 66.5 cm³/mol. The van der Waals surface area contributed by atoms with Gasteiger partial charge in [-0.3, -0.25) is 0 Å². The molecular weight excluding hydrogens is 236 g/mol. The van der Waals surface area contributed by atoms with Gasteiger partial charge in [0.25, 0.3) is 0 Å². The molecule has 1 heterocycles. The monoisotopic (exact) mass is 258 g/mol. The zero-order valence-corrected chi connectivity index (χ0v) is 11.2. The van der Waals surface area contributed by atoms with Crippen LogP contribution in [0.25, 0.3) is 0 Å². The lowest BCUT2D eigenvalue weighted by Crippen LogP contribution is -2.55. The van der Waals surface area contributed by atoms with E-state index in [2.05, 4.69) is 5.32 Å². The molecule has 0 aromatic heterocycles. The van der Waals surface area contributed by atoms with Gasteiger partial charge in [0.05, 0.1) is 12.1 Å². The number of carbonyl (C=O) groups is 2. The third-order valence-corrected chi connectivity index (χ3v) is 3.44. The summed E-state index contributed by atoms with van der Waals surface area (Å²) in [7, 11) is 1.63. The second-order valence-electron chi connectivity index (χ2n) is 4.93. The largest absolute Gasteiger partial charge is 0.480 e. The Kier molecular flexibility index (Phi) is 4.95. The summed E-state index contributed by atoms with van der Waals surface area (Å²) >= 11 is 0. The number of rotatable bonds is 4. The van der Waals surface area contributed by atoms with Gasteiger partial charge in [0.2, 0.25) is 0 Å². The highest BCUT2D eigenvalue weighted by Gasteiger charge is 2.33. The van der Waals surface area contributed by atoms with Crippen LogP contribution in [0.4, 0.5) is 4.79 Å². The molecule has 6 heteroatoms. The Morgan fingerprint density at radius 1 is 1.56 bits per heavy atom. The van der Waals surface area contributed by atoms with Crippen LogP contribution in [0.2, 0.25) is 0 Å². The Morgan fingerprint density at radius 2 is 2.22 bits per heavy atom. The fraction of sp³-hybridized carbons (Fsp3) is 0.833. The lowest BCUT2D eigenvalue weighted by Gasteiger charge is -2.39. The molecule has 0 saturated carbocycles. The molecular formula is C12H22N2O4. The number of methoxy groups -OCH3 is 1. The van der Waals surface area contributed by atoms with Crippen molar-refractivity contribution in [3.05, 3.63) is 0 Å². The van der Waals surface area contributed by atoms with Crippen LogP contribution >= 0.6 is 0 Å². The fourth-order valence-electron chi connectivity index (χ4n) is 2.12. The molecule has 0 radical (unpaired) electrons. The Labute approximate surface area is 107 Å². The second-order valence-corrected chi connectivity index (χ2v) is 4.93. The van der Waals surface area contributed by atoms with Crippen molar-refractivity contribution >= 4 is 12.0 Å². The van der Waals surface area contributed by atoms with E-state index in [9.17, 15) is 9.59 Å². The predicted octanol–water partition coefficient (Wildman–Crippen LogP) is 1.06. The van der Waals surface area contributed by atoms with E-state index < -0.39 is 12.0 Å². The van der Waals surface area contributed by atoms with E-state index in [0.717, 1.165) is 12.8 Å². The van der Waals surface area contributed by atoms with Crippen molar-refractivity contribution in [2.24, 2.45) is 0 Å². The Balaban J connectivity index is 2.59. The number of carbonyl (C=O) groups excluding carboxylic acids is 1. The maximum Gasteiger partial charge on any atom is 0.326 e. The molecule has 1 rings (SSSR count). The molecule has 2 amide bonds. The quantitative estimate of drug-likeness (QED) is 0.790. The van der Waals surface area contributed by atoms with E-state index in [0.29, 0.717) is 19.5 Å². The van der Waals surface area contributed by atoms with Crippen LogP contribution in [0, 0.1) is 0 Å². The molecule has 0 aromatic rings. The van der Waals surface area contributed by atoms with E-state index in [4.69, 9.17) is 9.84 Å². The number of amides is 2. The van der Waals surface area contributed by atoms with Gasteiger partial charge in [-0.15, -0.1) is 0 Å². The van der Waals surface area contributed by atoms with Crippen LogP contribution in [0.15, 0.2) is 0 Å². The summed E-state index contributed by atoms with van der Waals surface area (Å²) in [4.78, 5) is 24.5. The van der Waals surface area contributed by atoms with Gasteiger partial charge in [-0.2, -0.15) is 0 Å². The SMILES string of the molecule is CCC(NC(=O)N1CCCC(C)(OC)C1)C(=O)O. The first kappa shape index (κ1) is 14.8. The first-order chi connectivity index (χ1) is 8.41. The zero-order chi connectivity index (χ0) is 13.8. The average molecular weight is 258 g/mol. The van der Waals surface area contributed by atoms with Crippen molar-refractivity contribution in [1.82, 2.24) is 10.2 Å². The van der Waals surface area contributed by atoms with E-state index in [-0.39, 0.29) is 11.6 Å². The zero-order valence-electron chi connectivity index (χ0n) is 11.2. The maximum absolute atomic E-state index is 12.0. The van der Waals surface area contributed by atoms with Crippen molar-refractivity contribution in [1.29, 1.82) is 0 Å². The van der Waals surface area contributed by atoms with Gasteiger partial charge >= 0.3 is 12.0 Å². The number of likely N-dealkylation sites (tertiary alicyclic amines) is 1. The van der Waals surface area contributed by atoms with Gasteiger partial charge in [0.1, 0.15) is 6.04 Å². The first-order valence-electron chi connectivity index (χ1n) is 6.25. The Morgan fingerprint density at radius 3 is 2.72 bits per heavy atom. The number of ether oxygens (including phenoxy) is 1. The molecule has 0 aliphatic carbocycles. The van der Waals surface area contributed by atoms with Crippen LogP contribution in [0.1, 0.15) is 33.1 Å². The van der Waals surface area contributed by atoms with Crippen molar-refractivity contribution in [3.8, 4) is 0 Å². The molecule has 2 unspecified atom stereocenters. The molecule has 2 atom stereocenters. The molecule has 104 valence electrons. The summed E-state index contributed by atoms with van der Waals surface area (Å²) in [5.74, 6) is -1.00. The van der Waals surface area contributed by atoms with Crippen LogP contribution < -0.4 is 5.32 Å². The van der Waals surface area contributed by atoms with Crippen molar-refractivity contribution in [3.63, 3.8) is 0 Å². The number of hydrogen-bond acceptors (Lipinski definition) is 3. The minimum absolute atomic E-state index is 0.327. The second kappa shape index (κ2) is 6.04. The number of carboxylic acids is 1. The van der Waals surface area contributed by atoms with Crippen LogP contribution in [0.3, 0.4) is 0 Å². The summed E-state index contributed by atoms with van der Waals surface area (Å²) in [6.07, 6.45) is 2.14. The minimum atomic E-state index is -1.00. The van der Waals surface area contributed by atoms with Crippen molar-refractivity contribution < 1.29 is 19.4 Å². The molecule has 0 spiro atoms. The van der Waals surface area contributed by atoms with Crippen molar-refractivity contribution in [2.45, 2.75) is 44.8 Å². The Bertz CT molecular complexity index is 321. The topological polar surface area (TPSA) is 78.9 Å². The lowest BCUT2D eigenvalue weighted by molar-refractivity contribution is -0.139. The van der Waals surface area contributed by atoms with E-state index in [1.807, 2.05) is 6.92 Å². The molecule has 0 bridgehead atoms. The number of piperidine rings is 1. The molecule has 1 aliphatic rings. The number of nitrogens with one attached hydrogen (secondary N) is 1. The number of urea groups is 1. The van der Waals surface area contributed by atoms with Gasteiger partial charge in [-0.25, -0.2) is 9.59 Å². The molecule has 6 nitrogen and oxygen atoms in total. The molecule has 1 aliphatic heterocycles. The molecule has 2 N–H and O–H groups in total. The molecule has 1 saturated heterocycles. The maximum atomic E-state index is 12.0. The van der Waals surface area contributed by atoms with Crippen LogP contribution in [0.5, 0.6) is 0 Å². The normalized spacial score (nSPS) is 25.6. The minimum Gasteiger partial charge on any atom is -0.480 e. The number of aliphatic carboxylic acids is 1. The molecule has 0 aromatic carbocycles. The summed E-state index contributed by atoms with van der Waals surface area (Å²) in [6.45, 7) is 4.82. The number of carboxylic acid groups (broad SMARTS) is 1. The Hall–Kier alpha value is -1.30. The average Bonchev–Trinajstić information content (AvgIpc) is 2.35. The van der Waals surface area contributed by atoms with E-state index in [1.165, 1.54) is 0 Å². The van der Waals surface area contributed by atoms with E-state index in [1.54, 1.807) is 18.9 Å². The summed E-state index contributed by atoms with van der Waals surface area (Å²) in [6, 6.07) is -1.15. The summed E-state index contributed by atoms with van der Waals surface area (Å²) in [5, 5.41) is 11.4. The summed E-state index contributed by atoms with van der Waals surface area (Å²) < 4.78 is 5.40. The van der Waals surface area contributed by atoms with Gasteiger partial charge in [-0.05, 0) is 26.2 Å². The molecule has 18 heavy (non-hydrogen) atoms. The van der Waals surface area contributed by atoms with Crippen LogP contribution in [-0.4, -0.2) is 53.8 Å². The van der Waals surface area contributed by atoms with E-state index >= 15 is 0 Å². The standard InChI is InChI=1S/C12H22N2O4/c1-4-9(10(15)16)13-11(17)14-7-5-6-12(2,8-14)18-3/h9H,4-8H2,1-3H3,(H,13,17)(H,15,16). The smallest absolute Gasteiger partial charge is 0.326 e. The number of nitrogens with zero attached hydrogens (tertiary/aromatic N) is 1. The number of hydrogen-bond donors (Lipinski definition) is 2. The third-order valence-electron chi connectivity index (χ3n) is 3.44. The molecule has 1 fully saturated rings. The van der Waals surface area contributed by atoms with Gasteiger partial charge in [-0.1, -0.05) is 6.92 Å². The third kappa shape index (κ3) is 3.60. The van der Waals surface area contributed by atoms with Gasteiger partial charge < -0.3 is 20.1 Å². The highest BCUT2D eigenvalue weighted by molar-refractivity contribution is 5.82. The van der Waals surface area contributed by atoms with Gasteiger partial charge in [0.15, 0.2) is 0 Å². The highest BCUT2D eigenvalue weighted by Crippen LogP contribution is 2.23.